The molecule has 0 unspecified atom stereocenters. The maximum Gasteiger partial charge on any atom is 0.0728 e. The zero-order chi connectivity index (χ0) is 9.15. The second-order valence-corrected chi connectivity index (χ2v) is 5.19. The van der Waals surface area contributed by atoms with Crippen molar-refractivity contribution < 1.29 is 10.2 Å². The molecule has 2 N–H and O–H groups in total. The molecule has 2 bridgehead atoms. The Morgan fingerprint density at radius 3 is 2.25 bits per heavy atom. The largest absolute Gasteiger partial charge is 0.393 e. The van der Waals surface area contributed by atoms with Crippen molar-refractivity contribution in [2.24, 2.45) is 17.3 Å². The molecule has 0 radical (unpaired) electrons. The molecule has 0 amide bonds. The molecule has 0 saturated heterocycles. The van der Waals surface area contributed by atoms with E-state index >= 15 is 0 Å². The van der Waals surface area contributed by atoms with E-state index in [0.29, 0.717) is 18.3 Å². The lowest BCUT2D eigenvalue weighted by Crippen LogP contribution is -2.69. The van der Waals surface area contributed by atoms with Crippen molar-refractivity contribution in [3.63, 3.8) is 0 Å². The molecule has 0 aromatic heterocycles. The van der Waals surface area contributed by atoms with Crippen molar-refractivity contribution in [2.45, 2.75) is 45.3 Å². The maximum atomic E-state index is 10.1. The number of aliphatic hydroxyl groups is 2. The zero-order valence-electron chi connectivity index (χ0n) is 8.04. The summed E-state index contributed by atoms with van der Waals surface area (Å²) in [6.45, 7) is 6.32. The number of rotatable bonds is 0. The second kappa shape index (κ2) is 2.05. The summed E-state index contributed by atoms with van der Waals surface area (Å²) in [7, 11) is 0. The third-order valence-electron chi connectivity index (χ3n) is 4.47. The van der Waals surface area contributed by atoms with Crippen molar-refractivity contribution in [3.05, 3.63) is 0 Å². The van der Waals surface area contributed by atoms with E-state index < -0.39 is 5.60 Å². The SMILES string of the molecule is C[C@H]1[C@H](O)C[C@]2(O)C[C@H]1C2(C)C. The molecule has 0 aromatic rings. The first kappa shape index (κ1) is 8.52. The van der Waals surface area contributed by atoms with Gasteiger partial charge >= 0.3 is 0 Å². The number of hydrogen-bond donors (Lipinski definition) is 2. The van der Waals surface area contributed by atoms with E-state index in [-0.39, 0.29) is 11.5 Å². The molecule has 2 nitrogen and oxygen atoms in total. The summed E-state index contributed by atoms with van der Waals surface area (Å²) >= 11 is 0. The Labute approximate surface area is 73.6 Å². The van der Waals surface area contributed by atoms with Gasteiger partial charge in [-0.1, -0.05) is 20.8 Å². The highest BCUT2D eigenvalue weighted by molar-refractivity contribution is 5.15. The normalized spacial score (nSPS) is 56.2. The molecule has 0 aromatic carbocycles. The summed E-state index contributed by atoms with van der Waals surface area (Å²) in [4.78, 5) is 0. The summed E-state index contributed by atoms with van der Waals surface area (Å²) in [5, 5.41) is 19.7. The fourth-order valence-electron chi connectivity index (χ4n) is 3.09. The van der Waals surface area contributed by atoms with Gasteiger partial charge in [0, 0.05) is 6.42 Å². The minimum Gasteiger partial charge on any atom is -0.393 e. The van der Waals surface area contributed by atoms with Gasteiger partial charge in [0.05, 0.1) is 11.7 Å². The van der Waals surface area contributed by atoms with Crippen LogP contribution >= 0.6 is 0 Å². The Morgan fingerprint density at radius 2 is 1.83 bits per heavy atom. The van der Waals surface area contributed by atoms with Crippen molar-refractivity contribution in [1.29, 1.82) is 0 Å². The molecule has 4 atom stereocenters. The average Bonchev–Trinajstić information content (AvgIpc) is 1.96. The fraction of sp³-hybridized carbons (Fsp3) is 1.00. The van der Waals surface area contributed by atoms with Crippen LogP contribution in [0.2, 0.25) is 0 Å². The zero-order valence-corrected chi connectivity index (χ0v) is 8.04. The van der Waals surface area contributed by atoms with Gasteiger partial charge in [0.1, 0.15) is 0 Å². The predicted octanol–water partition coefficient (Wildman–Crippen LogP) is 1.16. The summed E-state index contributed by atoms with van der Waals surface area (Å²) in [6, 6.07) is 0. The van der Waals surface area contributed by atoms with Gasteiger partial charge in [0.2, 0.25) is 0 Å². The first-order chi connectivity index (χ1) is 5.38. The van der Waals surface area contributed by atoms with Crippen LogP contribution in [0.4, 0.5) is 0 Å². The Hall–Kier alpha value is -0.0800. The van der Waals surface area contributed by atoms with E-state index in [0.717, 1.165) is 6.42 Å². The maximum absolute atomic E-state index is 10.1. The van der Waals surface area contributed by atoms with E-state index in [9.17, 15) is 10.2 Å². The first-order valence-corrected chi connectivity index (χ1v) is 4.79. The molecule has 2 heteroatoms. The number of fused-ring (bicyclic) bond motifs is 2. The van der Waals surface area contributed by atoms with Gasteiger partial charge in [-0.05, 0) is 23.7 Å². The molecule has 3 aliphatic carbocycles. The van der Waals surface area contributed by atoms with Gasteiger partial charge in [-0.15, -0.1) is 0 Å². The Bertz CT molecular complexity index is 209. The van der Waals surface area contributed by atoms with Crippen LogP contribution in [0.3, 0.4) is 0 Å². The molecule has 3 aliphatic rings. The van der Waals surface area contributed by atoms with Gasteiger partial charge in [-0.3, -0.25) is 0 Å². The molecule has 0 spiro atoms. The lowest BCUT2D eigenvalue weighted by atomic mass is 9.42. The molecule has 12 heavy (non-hydrogen) atoms. The molecule has 3 saturated carbocycles. The Kier molecular flexibility index (Phi) is 1.45. The van der Waals surface area contributed by atoms with Gasteiger partial charge in [-0.25, -0.2) is 0 Å². The molecule has 3 fully saturated rings. The van der Waals surface area contributed by atoms with E-state index in [4.69, 9.17) is 0 Å². The number of aliphatic hydroxyl groups excluding tert-OH is 1. The average molecular weight is 170 g/mol. The summed E-state index contributed by atoms with van der Waals surface area (Å²) in [6.07, 6.45) is 1.16. The van der Waals surface area contributed by atoms with Crippen molar-refractivity contribution in [1.82, 2.24) is 0 Å². The quantitative estimate of drug-likeness (QED) is 0.573. The lowest BCUT2D eigenvalue weighted by molar-refractivity contribution is -0.269. The smallest absolute Gasteiger partial charge is 0.0728 e. The van der Waals surface area contributed by atoms with Crippen LogP contribution in [-0.4, -0.2) is 21.9 Å². The van der Waals surface area contributed by atoms with E-state index in [1.54, 1.807) is 0 Å². The summed E-state index contributed by atoms with van der Waals surface area (Å²) in [5.74, 6) is 0.861. The van der Waals surface area contributed by atoms with Crippen LogP contribution in [0, 0.1) is 17.3 Å². The van der Waals surface area contributed by atoms with Gasteiger partial charge in [-0.2, -0.15) is 0 Å². The lowest BCUT2D eigenvalue weighted by Gasteiger charge is -2.66. The summed E-state index contributed by atoms with van der Waals surface area (Å²) in [5.41, 5.74) is -0.560. The van der Waals surface area contributed by atoms with Gasteiger partial charge < -0.3 is 10.2 Å². The van der Waals surface area contributed by atoms with E-state index in [2.05, 4.69) is 20.8 Å². The summed E-state index contributed by atoms with van der Waals surface area (Å²) < 4.78 is 0. The minimum absolute atomic E-state index is 0.0195. The Balaban J connectivity index is 2.26. The first-order valence-electron chi connectivity index (χ1n) is 4.79. The van der Waals surface area contributed by atoms with Crippen LogP contribution in [0.1, 0.15) is 33.6 Å². The molecular formula is C10H18O2. The second-order valence-electron chi connectivity index (χ2n) is 5.19. The van der Waals surface area contributed by atoms with Crippen LogP contribution in [-0.2, 0) is 0 Å². The van der Waals surface area contributed by atoms with Crippen molar-refractivity contribution >= 4 is 0 Å². The highest BCUT2D eigenvalue weighted by Gasteiger charge is 2.65. The van der Waals surface area contributed by atoms with Crippen LogP contribution in [0.25, 0.3) is 0 Å². The molecule has 0 heterocycles. The van der Waals surface area contributed by atoms with Crippen molar-refractivity contribution in [3.8, 4) is 0 Å². The van der Waals surface area contributed by atoms with Crippen LogP contribution in [0.15, 0.2) is 0 Å². The van der Waals surface area contributed by atoms with Gasteiger partial charge in [0.15, 0.2) is 0 Å². The van der Waals surface area contributed by atoms with Gasteiger partial charge in [0.25, 0.3) is 0 Å². The fourth-order valence-corrected chi connectivity index (χ4v) is 3.09. The van der Waals surface area contributed by atoms with Crippen molar-refractivity contribution in [2.75, 3.05) is 0 Å². The highest BCUT2D eigenvalue weighted by atomic mass is 16.3. The number of hydrogen-bond acceptors (Lipinski definition) is 2. The van der Waals surface area contributed by atoms with Crippen LogP contribution in [0.5, 0.6) is 0 Å². The molecular weight excluding hydrogens is 152 g/mol. The third kappa shape index (κ3) is 0.728. The Morgan fingerprint density at radius 1 is 1.25 bits per heavy atom. The topological polar surface area (TPSA) is 40.5 Å². The van der Waals surface area contributed by atoms with Crippen LogP contribution < -0.4 is 0 Å². The molecule has 3 rings (SSSR count). The highest BCUT2D eigenvalue weighted by Crippen LogP contribution is 2.63. The van der Waals surface area contributed by atoms with E-state index in [1.807, 2.05) is 0 Å². The third-order valence-corrected chi connectivity index (χ3v) is 4.47. The molecule has 0 aliphatic heterocycles. The minimum atomic E-state index is -0.580. The standard InChI is InChI=1S/C10H18O2/c1-6-7-4-10(12,5-8(6)11)9(7,2)3/h6-8,11-12H,4-5H2,1-3H3/t6-,7-,8-,10-/m1/s1. The van der Waals surface area contributed by atoms with E-state index in [1.165, 1.54) is 0 Å². The monoisotopic (exact) mass is 170 g/mol. The predicted molar refractivity (Wildman–Crippen MR) is 46.6 cm³/mol. The molecule has 70 valence electrons.